The van der Waals surface area contributed by atoms with Crippen molar-refractivity contribution in [3.63, 3.8) is 0 Å². The molecule has 1 aromatic carbocycles. The maximum Gasteiger partial charge on any atom is 0.251 e. The van der Waals surface area contributed by atoms with Gasteiger partial charge in [-0.3, -0.25) is 4.79 Å². The van der Waals surface area contributed by atoms with Gasteiger partial charge in [0, 0.05) is 12.1 Å². The zero-order valence-corrected chi connectivity index (χ0v) is 10.8. The predicted molar refractivity (Wildman–Crippen MR) is 66.0 cm³/mol. The van der Waals surface area contributed by atoms with Crippen LogP contribution < -0.4 is 5.32 Å². The highest BCUT2D eigenvalue weighted by Gasteiger charge is 2.07. The first-order chi connectivity index (χ1) is 7.65. The summed E-state index contributed by atoms with van der Waals surface area (Å²) in [5.41, 5.74) is 0.359. The Kier molecular flexibility index (Phi) is 5.46. The van der Waals surface area contributed by atoms with Crippen LogP contribution in [0.5, 0.6) is 0 Å². The Morgan fingerprint density at radius 1 is 1.44 bits per heavy atom. The predicted octanol–water partition coefficient (Wildman–Crippen LogP) is 3.51. The van der Waals surface area contributed by atoms with E-state index in [0.29, 0.717) is 16.6 Å². The van der Waals surface area contributed by atoms with Gasteiger partial charge in [-0.15, -0.1) is 0 Å². The van der Waals surface area contributed by atoms with Gasteiger partial charge in [-0.05, 0) is 40.5 Å². The molecule has 16 heavy (non-hydrogen) atoms. The van der Waals surface area contributed by atoms with Gasteiger partial charge >= 0.3 is 0 Å². The number of nitrogens with one attached hydrogen (secondary N) is 1. The van der Waals surface area contributed by atoms with E-state index < -0.39 is 5.82 Å². The molecule has 0 atom stereocenters. The minimum absolute atomic E-state index is 0.220. The molecule has 0 aromatic heterocycles. The van der Waals surface area contributed by atoms with E-state index in [9.17, 15) is 9.18 Å². The first-order valence-electron chi connectivity index (χ1n) is 5.38. The Labute approximate surface area is 103 Å². The first kappa shape index (κ1) is 13.2. The molecule has 0 aliphatic rings. The fraction of sp³-hybridized carbons (Fsp3) is 0.417. The zero-order valence-electron chi connectivity index (χ0n) is 9.22. The molecule has 0 fully saturated rings. The van der Waals surface area contributed by atoms with Gasteiger partial charge in [0.2, 0.25) is 0 Å². The lowest BCUT2D eigenvalue weighted by atomic mass is 10.2. The van der Waals surface area contributed by atoms with Crippen LogP contribution in [0.4, 0.5) is 4.39 Å². The lowest BCUT2D eigenvalue weighted by Crippen LogP contribution is -2.24. The average molecular weight is 288 g/mol. The molecule has 0 bridgehead atoms. The molecule has 4 heteroatoms. The number of unbranched alkanes of at least 4 members (excludes halogenated alkanes) is 2. The topological polar surface area (TPSA) is 29.1 Å². The van der Waals surface area contributed by atoms with Crippen LogP contribution in [0.1, 0.15) is 36.5 Å². The zero-order chi connectivity index (χ0) is 12.0. The Balaban J connectivity index is 2.50. The summed E-state index contributed by atoms with van der Waals surface area (Å²) in [6, 6.07) is 4.37. The molecule has 0 saturated heterocycles. The molecule has 0 saturated carbocycles. The van der Waals surface area contributed by atoms with Crippen molar-refractivity contribution >= 4 is 21.8 Å². The smallest absolute Gasteiger partial charge is 0.251 e. The number of hydrogen-bond donors (Lipinski definition) is 1. The second-order valence-electron chi connectivity index (χ2n) is 3.59. The minimum atomic E-state index is -0.416. The van der Waals surface area contributed by atoms with E-state index in [1.807, 2.05) is 0 Å². The van der Waals surface area contributed by atoms with Gasteiger partial charge in [-0.2, -0.15) is 0 Å². The van der Waals surface area contributed by atoms with Crippen LogP contribution in [0, 0.1) is 5.82 Å². The Bertz CT molecular complexity index is 368. The lowest BCUT2D eigenvalue weighted by molar-refractivity contribution is 0.0952. The van der Waals surface area contributed by atoms with Crippen molar-refractivity contribution < 1.29 is 9.18 Å². The summed E-state index contributed by atoms with van der Waals surface area (Å²) in [6.45, 7) is 2.75. The molecule has 0 unspecified atom stereocenters. The van der Waals surface area contributed by atoms with Crippen molar-refractivity contribution in [2.24, 2.45) is 0 Å². The van der Waals surface area contributed by atoms with E-state index in [0.717, 1.165) is 19.3 Å². The van der Waals surface area contributed by atoms with Crippen molar-refractivity contribution in [3.8, 4) is 0 Å². The van der Waals surface area contributed by atoms with Crippen LogP contribution >= 0.6 is 15.9 Å². The van der Waals surface area contributed by atoms with Crippen LogP contribution in [0.3, 0.4) is 0 Å². The van der Waals surface area contributed by atoms with Gasteiger partial charge in [-0.25, -0.2) is 4.39 Å². The standard InChI is InChI=1S/C12H15BrFNO/c1-2-3-4-7-15-12(16)9-5-6-10(13)11(14)8-9/h5-6,8H,2-4,7H2,1H3,(H,15,16). The SMILES string of the molecule is CCCCCNC(=O)c1ccc(Br)c(F)c1. The molecule has 1 aromatic rings. The summed E-state index contributed by atoms with van der Waals surface area (Å²) < 4.78 is 13.5. The van der Waals surface area contributed by atoms with Gasteiger partial charge in [-0.1, -0.05) is 19.8 Å². The number of carbonyl (C=O) groups is 1. The normalized spacial score (nSPS) is 10.2. The number of hydrogen-bond acceptors (Lipinski definition) is 1. The molecule has 88 valence electrons. The molecule has 0 radical (unpaired) electrons. The molecule has 0 spiro atoms. The largest absolute Gasteiger partial charge is 0.352 e. The second kappa shape index (κ2) is 6.63. The van der Waals surface area contributed by atoms with Crippen molar-refractivity contribution in [2.75, 3.05) is 6.54 Å². The average Bonchev–Trinajstić information content (AvgIpc) is 2.28. The van der Waals surface area contributed by atoms with Crippen LogP contribution in [0.2, 0.25) is 0 Å². The number of amides is 1. The van der Waals surface area contributed by atoms with Crippen LogP contribution in [0.15, 0.2) is 22.7 Å². The van der Waals surface area contributed by atoms with Crippen LogP contribution in [-0.2, 0) is 0 Å². The lowest BCUT2D eigenvalue weighted by Gasteiger charge is -2.05. The van der Waals surface area contributed by atoms with Crippen LogP contribution in [0.25, 0.3) is 0 Å². The third-order valence-corrected chi connectivity index (χ3v) is 2.89. The van der Waals surface area contributed by atoms with E-state index in [4.69, 9.17) is 0 Å². The monoisotopic (exact) mass is 287 g/mol. The number of halogens is 2. The summed E-state index contributed by atoms with van der Waals surface area (Å²) in [5.74, 6) is -0.635. The van der Waals surface area contributed by atoms with E-state index in [2.05, 4.69) is 28.2 Å². The third kappa shape index (κ3) is 3.93. The van der Waals surface area contributed by atoms with Crippen molar-refractivity contribution in [2.45, 2.75) is 26.2 Å². The van der Waals surface area contributed by atoms with Crippen molar-refractivity contribution in [1.82, 2.24) is 5.32 Å². The van der Waals surface area contributed by atoms with Gasteiger partial charge in [0.25, 0.3) is 5.91 Å². The quantitative estimate of drug-likeness (QED) is 0.825. The first-order valence-corrected chi connectivity index (χ1v) is 6.17. The molecule has 0 heterocycles. The van der Waals surface area contributed by atoms with E-state index in [1.54, 1.807) is 6.07 Å². The van der Waals surface area contributed by atoms with Gasteiger partial charge < -0.3 is 5.32 Å². The molecule has 0 aliphatic heterocycles. The highest BCUT2D eigenvalue weighted by atomic mass is 79.9. The molecular formula is C12H15BrFNO. The summed E-state index contributed by atoms with van der Waals surface area (Å²) in [5, 5.41) is 2.76. The summed E-state index contributed by atoms with van der Waals surface area (Å²) >= 11 is 3.04. The summed E-state index contributed by atoms with van der Waals surface area (Å²) in [7, 11) is 0. The molecule has 1 rings (SSSR count). The van der Waals surface area contributed by atoms with Crippen molar-refractivity contribution in [3.05, 3.63) is 34.1 Å². The van der Waals surface area contributed by atoms with Crippen molar-refractivity contribution in [1.29, 1.82) is 0 Å². The molecular weight excluding hydrogens is 273 g/mol. The molecule has 1 N–H and O–H groups in total. The highest BCUT2D eigenvalue weighted by molar-refractivity contribution is 9.10. The van der Waals surface area contributed by atoms with E-state index in [1.165, 1.54) is 12.1 Å². The minimum Gasteiger partial charge on any atom is -0.352 e. The Hall–Kier alpha value is -0.900. The van der Waals surface area contributed by atoms with Gasteiger partial charge in [0.05, 0.1) is 4.47 Å². The summed E-state index contributed by atoms with van der Waals surface area (Å²) in [6.07, 6.45) is 3.17. The Morgan fingerprint density at radius 2 is 2.19 bits per heavy atom. The highest BCUT2D eigenvalue weighted by Crippen LogP contribution is 2.16. The van der Waals surface area contributed by atoms with Crippen LogP contribution in [-0.4, -0.2) is 12.5 Å². The summed E-state index contributed by atoms with van der Waals surface area (Å²) in [4.78, 5) is 11.6. The van der Waals surface area contributed by atoms with E-state index >= 15 is 0 Å². The van der Waals surface area contributed by atoms with Gasteiger partial charge in [0.15, 0.2) is 0 Å². The van der Waals surface area contributed by atoms with E-state index in [-0.39, 0.29) is 5.91 Å². The maximum atomic E-state index is 13.2. The maximum absolute atomic E-state index is 13.2. The molecule has 0 aliphatic carbocycles. The van der Waals surface area contributed by atoms with Gasteiger partial charge in [0.1, 0.15) is 5.82 Å². The second-order valence-corrected chi connectivity index (χ2v) is 4.45. The fourth-order valence-corrected chi connectivity index (χ4v) is 1.56. The molecule has 2 nitrogen and oxygen atoms in total. The fourth-order valence-electron chi connectivity index (χ4n) is 1.32. The molecule has 1 amide bonds. The number of rotatable bonds is 5. The number of carbonyl (C=O) groups excluding carboxylic acids is 1. The Morgan fingerprint density at radius 3 is 2.81 bits per heavy atom. The third-order valence-electron chi connectivity index (χ3n) is 2.25. The number of benzene rings is 1.